The number of thioether (sulfide) groups is 1. The van der Waals surface area contributed by atoms with E-state index in [0.717, 1.165) is 27.8 Å². The highest BCUT2D eigenvalue weighted by molar-refractivity contribution is 8.00. The zero-order valence-electron chi connectivity index (χ0n) is 21.2. The maximum atomic E-state index is 13.8. The molecule has 0 aliphatic carbocycles. The Labute approximate surface area is 232 Å². The van der Waals surface area contributed by atoms with E-state index in [1.54, 1.807) is 11.8 Å². The minimum Gasteiger partial charge on any atom is -0.477 e. The van der Waals surface area contributed by atoms with Crippen molar-refractivity contribution in [1.29, 1.82) is 0 Å². The van der Waals surface area contributed by atoms with E-state index in [-0.39, 0.29) is 17.0 Å². The largest absolute Gasteiger partial charge is 0.477 e. The van der Waals surface area contributed by atoms with E-state index in [0.29, 0.717) is 12.2 Å². The first-order chi connectivity index (χ1) is 19.1. The van der Waals surface area contributed by atoms with Gasteiger partial charge in [0.05, 0.1) is 5.54 Å². The summed E-state index contributed by atoms with van der Waals surface area (Å²) in [7, 11) is 0. The second-order valence-corrected chi connectivity index (χ2v) is 10.9. The number of hydrogen-bond acceptors (Lipinski definition) is 4. The van der Waals surface area contributed by atoms with Gasteiger partial charge in [0.2, 0.25) is 5.91 Å². The topological polar surface area (TPSA) is 69.6 Å². The molecule has 6 rings (SSSR count). The van der Waals surface area contributed by atoms with E-state index >= 15 is 0 Å². The summed E-state index contributed by atoms with van der Waals surface area (Å²) in [5, 5.41) is 13.6. The van der Waals surface area contributed by atoms with Crippen LogP contribution in [0.25, 0.3) is 0 Å². The zero-order valence-corrected chi connectivity index (χ0v) is 22.1. The minimum atomic E-state index is -1.06. The van der Waals surface area contributed by atoms with Gasteiger partial charge in [-0.25, -0.2) is 4.79 Å². The molecule has 0 saturated carbocycles. The molecule has 5 nitrogen and oxygen atoms in total. The van der Waals surface area contributed by atoms with Crippen LogP contribution in [0.15, 0.2) is 133 Å². The molecule has 1 saturated heterocycles. The Morgan fingerprint density at radius 2 is 1.26 bits per heavy atom. The highest BCUT2D eigenvalue weighted by atomic mass is 32.2. The van der Waals surface area contributed by atoms with Gasteiger partial charge in [0.15, 0.2) is 0 Å². The number of fused-ring (bicyclic) bond motifs is 1. The molecule has 2 heterocycles. The Hall–Kier alpha value is -4.13. The molecular formula is C33H28N2O3S. The fraction of sp³-hybridized carbons (Fsp3) is 0.152. The monoisotopic (exact) mass is 532 g/mol. The van der Waals surface area contributed by atoms with Crippen LogP contribution in [0.5, 0.6) is 0 Å². The van der Waals surface area contributed by atoms with Gasteiger partial charge in [-0.1, -0.05) is 121 Å². The molecule has 1 amide bonds. The van der Waals surface area contributed by atoms with E-state index in [9.17, 15) is 14.7 Å². The number of benzene rings is 4. The molecule has 0 radical (unpaired) electrons. The predicted octanol–water partition coefficient (Wildman–Crippen LogP) is 5.43. The molecule has 4 aromatic rings. The zero-order chi connectivity index (χ0) is 26.8. The fourth-order valence-corrected chi connectivity index (χ4v) is 7.06. The number of carboxylic acid groups (broad SMARTS) is 1. The Morgan fingerprint density at radius 1 is 0.795 bits per heavy atom. The molecular weight excluding hydrogens is 504 g/mol. The van der Waals surface area contributed by atoms with E-state index in [4.69, 9.17) is 0 Å². The third-order valence-corrected chi connectivity index (χ3v) is 8.84. The van der Waals surface area contributed by atoms with E-state index < -0.39 is 17.6 Å². The molecule has 39 heavy (non-hydrogen) atoms. The third kappa shape index (κ3) is 4.46. The van der Waals surface area contributed by atoms with E-state index in [1.165, 1.54) is 4.90 Å². The van der Waals surface area contributed by atoms with Crippen LogP contribution in [-0.2, 0) is 21.5 Å². The highest BCUT2D eigenvalue weighted by Gasteiger charge is 2.56. The maximum Gasteiger partial charge on any atom is 0.352 e. The molecule has 4 aromatic carbocycles. The summed E-state index contributed by atoms with van der Waals surface area (Å²) < 4.78 is 0. The van der Waals surface area contributed by atoms with Crippen molar-refractivity contribution in [3.63, 3.8) is 0 Å². The molecule has 0 spiro atoms. The van der Waals surface area contributed by atoms with Crippen molar-refractivity contribution < 1.29 is 14.7 Å². The van der Waals surface area contributed by atoms with Crippen LogP contribution < -0.4 is 5.32 Å². The van der Waals surface area contributed by atoms with Gasteiger partial charge in [-0.15, -0.1) is 11.8 Å². The van der Waals surface area contributed by atoms with E-state index in [1.807, 2.05) is 84.9 Å². The number of amides is 1. The average Bonchev–Trinajstić information content (AvgIpc) is 2.99. The van der Waals surface area contributed by atoms with Crippen molar-refractivity contribution in [2.75, 3.05) is 5.75 Å². The lowest BCUT2D eigenvalue weighted by molar-refractivity contribution is -0.149. The van der Waals surface area contributed by atoms with Crippen LogP contribution in [0.3, 0.4) is 0 Å². The second kappa shape index (κ2) is 10.6. The summed E-state index contributed by atoms with van der Waals surface area (Å²) >= 11 is 1.62. The Bertz CT molecular complexity index is 1410. The smallest absolute Gasteiger partial charge is 0.352 e. The molecule has 6 heteroatoms. The lowest BCUT2D eigenvalue weighted by Crippen LogP contribution is -2.72. The van der Waals surface area contributed by atoms with Crippen molar-refractivity contribution in [3.8, 4) is 0 Å². The standard InChI is InChI=1S/C33H28N2O3S/c36-30-28(31-35(30)29(32(37)38)24(22-39-31)21-23-13-5-1-6-14-23)34-33(25-15-7-2-8-16-25,26-17-9-3-10-18-26)27-19-11-4-12-20-27/h1-20,28,31,34H,21-22H2,(H,37,38)/t28?,31-/m1/s1. The maximum absolute atomic E-state index is 13.8. The molecule has 2 N–H and O–H groups in total. The lowest BCUT2D eigenvalue weighted by Gasteiger charge is -2.53. The molecule has 1 unspecified atom stereocenters. The minimum absolute atomic E-state index is 0.121. The van der Waals surface area contributed by atoms with Gasteiger partial charge in [-0.3, -0.25) is 15.0 Å². The lowest BCUT2D eigenvalue weighted by atomic mass is 9.76. The second-order valence-electron chi connectivity index (χ2n) is 9.80. The number of carbonyl (C=O) groups is 2. The number of carbonyl (C=O) groups excluding carboxylic acids is 1. The average molecular weight is 533 g/mol. The number of nitrogens with zero attached hydrogens (tertiary/aromatic N) is 1. The predicted molar refractivity (Wildman–Crippen MR) is 154 cm³/mol. The van der Waals surface area contributed by atoms with Crippen molar-refractivity contribution >= 4 is 23.6 Å². The van der Waals surface area contributed by atoms with Crippen LogP contribution >= 0.6 is 11.8 Å². The van der Waals surface area contributed by atoms with Crippen molar-refractivity contribution in [1.82, 2.24) is 10.2 Å². The molecule has 2 aliphatic heterocycles. The first-order valence-electron chi connectivity index (χ1n) is 13.0. The summed E-state index contributed by atoms with van der Waals surface area (Å²) in [6, 6.07) is 39.6. The summed E-state index contributed by atoms with van der Waals surface area (Å²) in [4.78, 5) is 27.8. The first-order valence-corrected chi connectivity index (χ1v) is 14.0. The van der Waals surface area contributed by atoms with Gasteiger partial charge in [0.25, 0.3) is 0 Å². The Balaban J connectivity index is 1.41. The van der Waals surface area contributed by atoms with Gasteiger partial charge in [-0.2, -0.15) is 0 Å². The SMILES string of the molecule is O=C(O)C1=C(Cc2ccccc2)CS[C@@H]2C(NC(c3ccccc3)(c3ccccc3)c3ccccc3)C(=O)N12. The molecule has 0 aromatic heterocycles. The van der Waals surface area contributed by atoms with Crippen LogP contribution in [0.1, 0.15) is 22.3 Å². The van der Waals surface area contributed by atoms with Gasteiger partial charge >= 0.3 is 5.97 Å². The molecule has 194 valence electrons. The number of β-lactam (4-membered cyclic amide) rings is 1. The van der Waals surface area contributed by atoms with Crippen molar-refractivity contribution in [2.45, 2.75) is 23.4 Å². The summed E-state index contributed by atoms with van der Waals surface area (Å²) in [6.07, 6.45) is 0.506. The summed E-state index contributed by atoms with van der Waals surface area (Å²) in [5.41, 5.74) is 4.13. The normalized spacial score (nSPS) is 18.9. The van der Waals surface area contributed by atoms with E-state index in [2.05, 4.69) is 41.7 Å². The summed E-state index contributed by atoms with van der Waals surface area (Å²) in [6.45, 7) is 0. The van der Waals surface area contributed by atoms with Crippen LogP contribution in [-0.4, -0.2) is 39.1 Å². The molecule has 2 atom stereocenters. The molecule has 2 aliphatic rings. The van der Waals surface area contributed by atoms with Crippen LogP contribution in [0.2, 0.25) is 0 Å². The number of carboxylic acids is 1. The fourth-order valence-electron chi connectivity index (χ4n) is 5.71. The quantitative estimate of drug-likeness (QED) is 0.234. The van der Waals surface area contributed by atoms with Crippen LogP contribution in [0.4, 0.5) is 0 Å². The van der Waals surface area contributed by atoms with Gasteiger partial charge in [-0.05, 0) is 34.2 Å². The molecule has 0 bridgehead atoms. The molecule has 1 fully saturated rings. The number of rotatable bonds is 8. The van der Waals surface area contributed by atoms with Gasteiger partial charge in [0, 0.05) is 5.75 Å². The number of aliphatic carboxylic acids is 1. The van der Waals surface area contributed by atoms with Crippen molar-refractivity contribution in [3.05, 3.63) is 155 Å². The Kier molecular flexibility index (Phi) is 6.81. The highest BCUT2D eigenvalue weighted by Crippen LogP contribution is 2.45. The number of hydrogen-bond donors (Lipinski definition) is 2. The van der Waals surface area contributed by atoms with Gasteiger partial charge in [0.1, 0.15) is 17.1 Å². The number of nitrogens with one attached hydrogen (secondary N) is 1. The van der Waals surface area contributed by atoms with Crippen molar-refractivity contribution in [2.24, 2.45) is 0 Å². The summed E-state index contributed by atoms with van der Waals surface area (Å²) in [5.74, 6) is -0.723. The first kappa shape index (κ1) is 25.2. The third-order valence-electron chi connectivity index (χ3n) is 7.50. The van der Waals surface area contributed by atoms with Gasteiger partial charge < -0.3 is 5.11 Å². The van der Waals surface area contributed by atoms with Crippen LogP contribution in [0, 0.1) is 0 Å². The Morgan fingerprint density at radius 3 is 1.72 bits per heavy atom.